The van der Waals surface area contributed by atoms with Crippen LogP contribution in [0, 0.1) is 6.92 Å². The molecule has 0 radical (unpaired) electrons. The van der Waals surface area contributed by atoms with E-state index in [0.29, 0.717) is 18.8 Å². The third-order valence-electron chi connectivity index (χ3n) is 4.72. The Labute approximate surface area is 153 Å². The maximum atomic E-state index is 12.3. The molecule has 1 saturated heterocycles. The highest BCUT2D eigenvalue weighted by Gasteiger charge is 2.22. The van der Waals surface area contributed by atoms with Gasteiger partial charge in [0.05, 0.1) is 6.54 Å². The van der Waals surface area contributed by atoms with Crippen molar-refractivity contribution in [3.63, 3.8) is 0 Å². The van der Waals surface area contributed by atoms with Gasteiger partial charge in [0.1, 0.15) is 5.69 Å². The van der Waals surface area contributed by atoms with Crippen molar-refractivity contribution in [2.75, 3.05) is 32.7 Å². The number of amides is 2. The normalized spacial score (nSPS) is 15.1. The molecule has 1 aromatic carbocycles. The number of hydrogen-bond donors (Lipinski definition) is 1. The topological polar surface area (TPSA) is 70.5 Å². The van der Waals surface area contributed by atoms with Crippen LogP contribution >= 0.6 is 0 Å². The Morgan fingerprint density at radius 1 is 1.12 bits per heavy atom. The van der Waals surface area contributed by atoms with Crippen molar-refractivity contribution < 1.29 is 9.59 Å². The van der Waals surface area contributed by atoms with Crippen molar-refractivity contribution in [2.45, 2.75) is 13.5 Å². The van der Waals surface area contributed by atoms with E-state index < -0.39 is 0 Å². The monoisotopic (exact) mass is 355 g/mol. The fraction of sp³-hybridized carbons (Fsp3) is 0.421. The molecule has 2 aromatic rings. The van der Waals surface area contributed by atoms with E-state index in [0.717, 1.165) is 25.3 Å². The van der Waals surface area contributed by atoms with Crippen LogP contribution in [0.4, 0.5) is 0 Å². The Balaban J connectivity index is 1.43. The summed E-state index contributed by atoms with van der Waals surface area (Å²) < 4.78 is 1.64. The highest BCUT2D eigenvalue weighted by atomic mass is 16.2. The van der Waals surface area contributed by atoms with Crippen LogP contribution in [0.5, 0.6) is 0 Å². The molecule has 0 aliphatic carbocycles. The van der Waals surface area contributed by atoms with E-state index in [4.69, 9.17) is 0 Å². The van der Waals surface area contributed by atoms with Gasteiger partial charge in [0, 0.05) is 45.5 Å². The van der Waals surface area contributed by atoms with Crippen molar-refractivity contribution in [3.05, 3.63) is 53.3 Å². The van der Waals surface area contributed by atoms with Gasteiger partial charge in [0.15, 0.2) is 0 Å². The van der Waals surface area contributed by atoms with Crippen LogP contribution in [0.3, 0.4) is 0 Å². The lowest BCUT2D eigenvalue weighted by atomic mass is 10.2. The van der Waals surface area contributed by atoms with Crippen molar-refractivity contribution >= 4 is 11.8 Å². The average Bonchev–Trinajstić information content (AvgIpc) is 3.00. The van der Waals surface area contributed by atoms with Crippen molar-refractivity contribution in [1.82, 2.24) is 24.9 Å². The van der Waals surface area contributed by atoms with E-state index in [1.807, 2.05) is 30.0 Å². The van der Waals surface area contributed by atoms with Gasteiger partial charge in [-0.1, -0.05) is 30.3 Å². The molecule has 0 unspecified atom stereocenters. The molecule has 7 heteroatoms. The number of aromatic nitrogens is 2. The van der Waals surface area contributed by atoms with Gasteiger partial charge in [-0.2, -0.15) is 5.10 Å². The van der Waals surface area contributed by atoms with Gasteiger partial charge in [-0.3, -0.25) is 19.2 Å². The quantitative estimate of drug-likeness (QED) is 0.861. The molecule has 3 rings (SSSR count). The molecule has 2 amide bonds. The number of piperazine rings is 1. The number of nitrogens with one attached hydrogen (secondary N) is 1. The van der Waals surface area contributed by atoms with Crippen LogP contribution in [0.25, 0.3) is 0 Å². The van der Waals surface area contributed by atoms with E-state index in [-0.39, 0.29) is 18.4 Å². The number of carbonyl (C=O) groups excluding carboxylic acids is 2. The lowest BCUT2D eigenvalue weighted by Crippen LogP contribution is -2.50. The molecule has 7 nitrogen and oxygen atoms in total. The standard InChI is InChI=1S/C19H25N5O2/c1-15-12-17(21-22(15)2)19(26)20-13-18(25)24-10-8-23(9-11-24)14-16-6-4-3-5-7-16/h3-7,12H,8-11,13-14H2,1-2H3,(H,20,26). The number of nitrogens with zero attached hydrogens (tertiary/aromatic N) is 4. The number of aryl methyl sites for hydroxylation is 2. The van der Waals surface area contributed by atoms with Crippen molar-refractivity contribution in [2.24, 2.45) is 7.05 Å². The number of carbonyl (C=O) groups is 2. The second-order valence-corrected chi connectivity index (χ2v) is 6.62. The van der Waals surface area contributed by atoms with Gasteiger partial charge < -0.3 is 10.2 Å². The summed E-state index contributed by atoms with van der Waals surface area (Å²) in [6.45, 7) is 5.84. The Kier molecular flexibility index (Phi) is 5.68. The molecule has 2 heterocycles. The summed E-state index contributed by atoms with van der Waals surface area (Å²) in [4.78, 5) is 28.6. The first kappa shape index (κ1) is 18.1. The molecular formula is C19H25N5O2. The molecule has 1 fully saturated rings. The summed E-state index contributed by atoms with van der Waals surface area (Å²) in [6, 6.07) is 12.0. The lowest BCUT2D eigenvalue weighted by Gasteiger charge is -2.34. The maximum absolute atomic E-state index is 12.3. The molecule has 1 aromatic heterocycles. The Morgan fingerprint density at radius 2 is 1.81 bits per heavy atom. The molecule has 1 N–H and O–H groups in total. The predicted octanol–water partition coefficient (Wildman–Crippen LogP) is 0.803. The van der Waals surface area contributed by atoms with Crippen LogP contribution in [0.2, 0.25) is 0 Å². The molecule has 1 aliphatic rings. The van der Waals surface area contributed by atoms with E-state index in [1.165, 1.54) is 5.56 Å². The van der Waals surface area contributed by atoms with E-state index >= 15 is 0 Å². The fourth-order valence-electron chi connectivity index (χ4n) is 3.03. The van der Waals surface area contributed by atoms with Gasteiger partial charge in [-0.05, 0) is 18.6 Å². The van der Waals surface area contributed by atoms with Crippen molar-refractivity contribution in [1.29, 1.82) is 0 Å². The first-order chi connectivity index (χ1) is 12.5. The molecule has 138 valence electrons. The first-order valence-electron chi connectivity index (χ1n) is 8.86. The van der Waals surface area contributed by atoms with Gasteiger partial charge in [-0.15, -0.1) is 0 Å². The van der Waals surface area contributed by atoms with Crippen LogP contribution in [-0.4, -0.2) is 64.1 Å². The molecule has 0 saturated carbocycles. The fourth-order valence-corrected chi connectivity index (χ4v) is 3.03. The zero-order valence-corrected chi connectivity index (χ0v) is 15.3. The van der Waals surface area contributed by atoms with E-state index in [9.17, 15) is 9.59 Å². The number of hydrogen-bond acceptors (Lipinski definition) is 4. The average molecular weight is 355 g/mol. The van der Waals surface area contributed by atoms with E-state index in [2.05, 4.69) is 27.4 Å². The largest absolute Gasteiger partial charge is 0.342 e. The minimum atomic E-state index is -0.315. The molecule has 0 spiro atoms. The Morgan fingerprint density at radius 3 is 2.42 bits per heavy atom. The van der Waals surface area contributed by atoms with Crippen LogP contribution < -0.4 is 5.32 Å². The summed E-state index contributed by atoms with van der Waals surface area (Å²) in [7, 11) is 1.78. The van der Waals surface area contributed by atoms with Gasteiger partial charge in [0.25, 0.3) is 5.91 Å². The highest BCUT2D eigenvalue weighted by molar-refractivity contribution is 5.94. The Hall–Kier alpha value is -2.67. The van der Waals surface area contributed by atoms with Gasteiger partial charge in [0.2, 0.25) is 5.91 Å². The SMILES string of the molecule is Cc1cc(C(=O)NCC(=O)N2CCN(Cc3ccccc3)CC2)nn1C. The lowest BCUT2D eigenvalue weighted by molar-refractivity contribution is -0.131. The zero-order chi connectivity index (χ0) is 18.5. The van der Waals surface area contributed by atoms with Gasteiger partial charge in [-0.25, -0.2) is 0 Å². The molecule has 1 aliphatic heterocycles. The van der Waals surface area contributed by atoms with Crippen molar-refractivity contribution in [3.8, 4) is 0 Å². The molecule has 0 atom stereocenters. The summed E-state index contributed by atoms with van der Waals surface area (Å²) >= 11 is 0. The number of rotatable bonds is 5. The molecule has 0 bridgehead atoms. The third-order valence-corrected chi connectivity index (χ3v) is 4.72. The zero-order valence-electron chi connectivity index (χ0n) is 15.3. The maximum Gasteiger partial charge on any atom is 0.272 e. The highest BCUT2D eigenvalue weighted by Crippen LogP contribution is 2.08. The molecule has 26 heavy (non-hydrogen) atoms. The van der Waals surface area contributed by atoms with Crippen LogP contribution in [0.1, 0.15) is 21.7 Å². The minimum absolute atomic E-state index is 0.00708. The van der Waals surface area contributed by atoms with E-state index in [1.54, 1.807) is 17.8 Å². The first-order valence-corrected chi connectivity index (χ1v) is 8.86. The number of benzene rings is 1. The minimum Gasteiger partial charge on any atom is -0.342 e. The smallest absolute Gasteiger partial charge is 0.272 e. The summed E-state index contributed by atoms with van der Waals surface area (Å²) in [5.74, 6) is -0.366. The second kappa shape index (κ2) is 8.14. The Bertz CT molecular complexity index is 744. The second-order valence-electron chi connectivity index (χ2n) is 6.62. The van der Waals surface area contributed by atoms with Crippen LogP contribution in [0.15, 0.2) is 36.4 Å². The van der Waals surface area contributed by atoms with Crippen LogP contribution in [-0.2, 0) is 18.4 Å². The third kappa shape index (κ3) is 4.49. The summed E-state index contributed by atoms with van der Waals surface area (Å²) in [6.07, 6.45) is 0. The molecular weight excluding hydrogens is 330 g/mol. The summed E-state index contributed by atoms with van der Waals surface area (Å²) in [5, 5.41) is 6.79. The summed E-state index contributed by atoms with van der Waals surface area (Å²) in [5.41, 5.74) is 2.52. The predicted molar refractivity (Wildman–Crippen MR) is 98.6 cm³/mol. The van der Waals surface area contributed by atoms with Gasteiger partial charge >= 0.3 is 0 Å².